The molecule has 8 heteroatoms. The number of carbonyl (C=O) groups excluding carboxylic acids is 2. The molecular weight excluding hydrogens is 455 g/mol. The Morgan fingerprint density at radius 2 is 1.79 bits per heavy atom. The fourth-order valence-electron chi connectivity index (χ4n) is 3.51. The first-order valence-electron chi connectivity index (χ1n) is 10.6. The number of fused-ring (bicyclic) bond motifs is 1. The van der Waals surface area contributed by atoms with Crippen LogP contribution in [0.2, 0.25) is 0 Å². The van der Waals surface area contributed by atoms with Gasteiger partial charge in [0.15, 0.2) is 0 Å². The highest BCUT2D eigenvalue weighted by Gasteiger charge is 2.21. The maximum atomic E-state index is 14.7. The molecule has 0 bridgehead atoms. The number of ether oxygens (including phenoxy) is 2. The Kier molecular flexibility index (Phi) is 7.51. The van der Waals surface area contributed by atoms with E-state index in [-0.39, 0.29) is 37.4 Å². The lowest BCUT2D eigenvalue weighted by Crippen LogP contribution is -2.23. The molecule has 6 nitrogen and oxygen atoms in total. The van der Waals surface area contributed by atoms with E-state index in [4.69, 9.17) is 9.47 Å². The van der Waals surface area contributed by atoms with E-state index in [0.717, 1.165) is 5.56 Å². The summed E-state index contributed by atoms with van der Waals surface area (Å²) in [7, 11) is 1.45. The lowest BCUT2D eigenvalue weighted by Gasteiger charge is -2.10. The fourth-order valence-corrected chi connectivity index (χ4v) is 4.65. The number of para-hydroxylation sites is 1. The third-order valence-corrected chi connectivity index (χ3v) is 6.23. The lowest BCUT2D eigenvalue weighted by molar-refractivity contribution is -0.119. The Balaban J connectivity index is 1.52. The zero-order chi connectivity index (χ0) is 23.9. The molecule has 0 atom stereocenters. The van der Waals surface area contributed by atoms with Crippen molar-refractivity contribution in [1.29, 1.82) is 0 Å². The second-order valence-electron chi connectivity index (χ2n) is 7.49. The number of hydrogen-bond acceptors (Lipinski definition) is 5. The Morgan fingerprint density at radius 3 is 2.59 bits per heavy atom. The highest BCUT2D eigenvalue weighted by molar-refractivity contribution is 7.21. The van der Waals surface area contributed by atoms with E-state index in [1.165, 1.54) is 24.5 Å². The quantitative estimate of drug-likeness (QED) is 0.350. The predicted molar refractivity (Wildman–Crippen MR) is 131 cm³/mol. The van der Waals surface area contributed by atoms with Crippen LogP contribution in [-0.4, -0.2) is 25.5 Å². The summed E-state index contributed by atoms with van der Waals surface area (Å²) in [5.74, 6) is -0.337. The third kappa shape index (κ3) is 5.59. The van der Waals surface area contributed by atoms with E-state index in [1.54, 1.807) is 30.3 Å². The van der Waals surface area contributed by atoms with Crippen LogP contribution in [0.25, 0.3) is 10.1 Å². The van der Waals surface area contributed by atoms with Gasteiger partial charge in [-0.2, -0.15) is 0 Å². The summed E-state index contributed by atoms with van der Waals surface area (Å²) in [6.45, 7) is 0.258. The van der Waals surface area contributed by atoms with Crippen LogP contribution in [0.5, 0.6) is 5.75 Å². The zero-order valence-corrected chi connectivity index (χ0v) is 19.3. The van der Waals surface area contributed by atoms with Crippen molar-refractivity contribution < 1.29 is 23.5 Å². The molecule has 3 aromatic carbocycles. The van der Waals surface area contributed by atoms with Crippen LogP contribution in [0, 0.1) is 5.82 Å². The van der Waals surface area contributed by atoms with Gasteiger partial charge in [-0.25, -0.2) is 4.39 Å². The first kappa shape index (κ1) is 23.4. The summed E-state index contributed by atoms with van der Waals surface area (Å²) in [6, 6.07) is 21.2. The topological polar surface area (TPSA) is 76.7 Å². The van der Waals surface area contributed by atoms with Crippen molar-refractivity contribution in [1.82, 2.24) is 5.32 Å². The number of halogens is 1. The van der Waals surface area contributed by atoms with E-state index < -0.39 is 0 Å². The summed E-state index contributed by atoms with van der Waals surface area (Å²) in [5, 5.41) is 6.03. The highest BCUT2D eigenvalue weighted by Crippen LogP contribution is 2.34. The van der Waals surface area contributed by atoms with Crippen LogP contribution in [0.3, 0.4) is 0 Å². The van der Waals surface area contributed by atoms with Crippen LogP contribution in [-0.2, 0) is 22.7 Å². The van der Waals surface area contributed by atoms with Crippen molar-refractivity contribution in [2.24, 2.45) is 0 Å². The second-order valence-corrected chi connectivity index (χ2v) is 8.54. The smallest absolute Gasteiger partial charge is 0.262 e. The Labute approximate surface area is 200 Å². The second kappa shape index (κ2) is 10.9. The maximum Gasteiger partial charge on any atom is 0.262 e. The van der Waals surface area contributed by atoms with Gasteiger partial charge in [0.25, 0.3) is 5.91 Å². The average molecular weight is 479 g/mol. The van der Waals surface area contributed by atoms with Crippen molar-refractivity contribution in [2.45, 2.75) is 13.2 Å². The van der Waals surface area contributed by atoms with Gasteiger partial charge in [0, 0.05) is 35.0 Å². The molecule has 1 aromatic heterocycles. The van der Waals surface area contributed by atoms with Crippen molar-refractivity contribution in [3.63, 3.8) is 0 Å². The summed E-state index contributed by atoms with van der Waals surface area (Å²) in [4.78, 5) is 25.3. The summed E-state index contributed by atoms with van der Waals surface area (Å²) >= 11 is 1.23. The van der Waals surface area contributed by atoms with Crippen LogP contribution in [0.1, 0.15) is 20.8 Å². The van der Waals surface area contributed by atoms with Gasteiger partial charge >= 0.3 is 0 Å². The minimum atomic E-state index is -0.390. The first-order valence-corrected chi connectivity index (χ1v) is 11.4. The number of thiophene rings is 1. The van der Waals surface area contributed by atoms with Crippen molar-refractivity contribution in [3.05, 3.63) is 94.6 Å². The number of amides is 2. The lowest BCUT2D eigenvalue weighted by atomic mass is 10.1. The number of rotatable bonds is 9. The molecule has 0 fully saturated rings. The first-order chi connectivity index (χ1) is 16.5. The van der Waals surface area contributed by atoms with Crippen molar-refractivity contribution in [2.75, 3.05) is 19.0 Å². The summed E-state index contributed by atoms with van der Waals surface area (Å²) < 4.78 is 26.0. The van der Waals surface area contributed by atoms with Gasteiger partial charge in [-0.15, -0.1) is 11.3 Å². The van der Waals surface area contributed by atoms with E-state index in [0.29, 0.717) is 32.0 Å². The Hall–Kier alpha value is -3.75. The third-order valence-electron chi connectivity index (χ3n) is 5.04. The molecular formula is C26H23FN2O4S. The van der Waals surface area contributed by atoms with Gasteiger partial charge in [0.05, 0.1) is 4.88 Å². The SMILES string of the molecule is COCC(=O)Nc1cccc(CNC(=O)c2sc3cccc(F)c3c2COc2ccccc2)c1. The predicted octanol–water partition coefficient (Wildman–Crippen LogP) is 5.13. The summed E-state index contributed by atoms with van der Waals surface area (Å²) in [6.07, 6.45) is 0. The van der Waals surface area contributed by atoms with Crippen molar-refractivity contribution >= 4 is 38.9 Å². The average Bonchev–Trinajstić information content (AvgIpc) is 3.22. The van der Waals surface area contributed by atoms with E-state index in [2.05, 4.69) is 10.6 Å². The molecule has 2 N–H and O–H groups in total. The molecule has 1 heterocycles. The minimum Gasteiger partial charge on any atom is -0.489 e. The molecule has 0 aliphatic rings. The summed E-state index contributed by atoms with van der Waals surface area (Å²) in [5.41, 5.74) is 1.92. The molecule has 34 heavy (non-hydrogen) atoms. The van der Waals surface area contributed by atoms with Crippen LogP contribution in [0.4, 0.5) is 10.1 Å². The fraction of sp³-hybridized carbons (Fsp3) is 0.154. The van der Waals surface area contributed by atoms with Gasteiger partial charge < -0.3 is 20.1 Å². The van der Waals surface area contributed by atoms with Gasteiger partial charge in [-0.1, -0.05) is 36.4 Å². The molecule has 0 aliphatic heterocycles. The molecule has 0 saturated carbocycles. The molecule has 4 rings (SSSR count). The highest BCUT2D eigenvalue weighted by atomic mass is 32.1. The van der Waals surface area contributed by atoms with Crippen LogP contribution >= 0.6 is 11.3 Å². The van der Waals surface area contributed by atoms with Crippen LogP contribution in [0.15, 0.2) is 72.8 Å². The minimum absolute atomic E-state index is 0.0444. The van der Waals surface area contributed by atoms with Gasteiger partial charge in [-0.05, 0) is 42.0 Å². The Bertz CT molecular complexity index is 1310. The van der Waals surface area contributed by atoms with E-state index >= 15 is 0 Å². The molecule has 0 unspecified atom stereocenters. The van der Waals surface area contributed by atoms with Gasteiger partial charge in [0.1, 0.15) is 24.8 Å². The number of methoxy groups -OCH3 is 1. The molecule has 0 aliphatic carbocycles. The van der Waals surface area contributed by atoms with Gasteiger partial charge in [-0.3, -0.25) is 9.59 Å². The number of carbonyl (C=O) groups is 2. The normalized spacial score (nSPS) is 10.8. The van der Waals surface area contributed by atoms with E-state index in [9.17, 15) is 14.0 Å². The van der Waals surface area contributed by atoms with Gasteiger partial charge in [0.2, 0.25) is 5.91 Å². The standard InChI is InChI=1S/C26H23FN2O4S/c1-32-16-23(30)29-18-8-5-7-17(13-18)14-28-26(31)25-20(15-33-19-9-3-2-4-10-19)24-21(27)11-6-12-22(24)34-25/h2-13H,14-16H2,1H3,(H,28,31)(H,29,30). The molecule has 2 amide bonds. The number of hydrogen-bond donors (Lipinski definition) is 2. The maximum absolute atomic E-state index is 14.7. The largest absolute Gasteiger partial charge is 0.489 e. The molecule has 0 radical (unpaired) electrons. The number of nitrogens with one attached hydrogen (secondary N) is 2. The van der Waals surface area contributed by atoms with E-state index in [1.807, 2.05) is 36.4 Å². The zero-order valence-electron chi connectivity index (χ0n) is 18.5. The Morgan fingerprint density at radius 1 is 1.00 bits per heavy atom. The molecule has 0 saturated heterocycles. The number of benzene rings is 3. The molecule has 4 aromatic rings. The molecule has 0 spiro atoms. The van der Waals surface area contributed by atoms with Crippen LogP contribution < -0.4 is 15.4 Å². The molecule has 174 valence electrons. The monoisotopic (exact) mass is 478 g/mol. The van der Waals surface area contributed by atoms with Crippen molar-refractivity contribution in [3.8, 4) is 5.75 Å². The number of anilines is 1.